The van der Waals surface area contributed by atoms with E-state index in [4.69, 9.17) is 9.47 Å². The van der Waals surface area contributed by atoms with Gasteiger partial charge in [0.15, 0.2) is 6.10 Å². The molecule has 110 valence electrons. The summed E-state index contributed by atoms with van der Waals surface area (Å²) in [5.41, 5.74) is 2.15. The van der Waals surface area contributed by atoms with Gasteiger partial charge in [0.05, 0.1) is 0 Å². The van der Waals surface area contributed by atoms with Crippen LogP contribution in [-0.4, -0.2) is 12.1 Å². The molecule has 0 fully saturated rings. The summed E-state index contributed by atoms with van der Waals surface area (Å²) < 4.78 is 11.9. The normalized spacial score (nSPS) is 11.8. The minimum Gasteiger partial charge on any atom is -0.479 e. The quantitative estimate of drug-likeness (QED) is 0.605. The molecular weight excluding hydrogens is 332 g/mol. The van der Waals surface area contributed by atoms with Crippen molar-refractivity contribution in [2.75, 3.05) is 0 Å². The number of hydrogen-bond donors (Lipinski definition) is 0. The molecule has 3 nitrogen and oxygen atoms in total. The number of esters is 1. The first-order valence-electron chi connectivity index (χ1n) is 6.67. The van der Waals surface area contributed by atoms with Gasteiger partial charge in [0, 0.05) is 4.47 Å². The number of aryl methyl sites for hydroxylation is 1. The van der Waals surface area contributed by atoms with Gasteiger partial charge in [-0.2, -0.15) is 0 Å². The lowest BCUT2D eigenvalue weighted by molar-refractivity contribution is -0.141. The van der Waals surface area contributed by atoms with Crippen molar-refractivity contribution < 1.29 is 14.3 Å². The molecule has 2 aromatic rings. The van der Waals surface area contributed by atoms with E-state index in [2.05, 4.69) is 15.9 Å². The first kappa shape index (κ1) is 15.6. The summed E-state index contributed by atoms with van der Waals surface area (Å²) in [4.78, 5) is 12.0. The lowest BCUT2D eigenvalue weighted by Gasteiger charge is -2.16. The van der Waals surface area contributed by atoms with E-state index in [0.717, 1.165) is 15.6 Å². The van der Waals surface area contributed by atoms with Crippen molar-refractivity contribution in [3.8, 4) is 11.5 Å². The minimum atomic E-state index is -0.672. The van der Waals surface area contributed by atoms with Crippen LogP contribution in [0.5, 0.6) is 11.5 Å². The van der Waals surface area contributed by atoms with Crippen LogP contribution in [0.3, 0.4) is 0 Å². The second kappa shape index (κ2) is 6.76. The highest BCUT2D eigenvalue weighted by atomic mass is 79.9. The van der Waals surface area contributed by atoms with E-state index in [1.165, 1.54) is 0 Å². The molecule has 0 aliphatic heterocycles. The van der Waals surface area contributed by atoms with E-state index in [0.29, 0.717) is 11.5 Å². The summed E-state index contributed by atoms with van der Waals surface area (Å²) in [6, 6.07) is 12.9. The lowest BCUT2D eigenvalue weighted by Crippen LogP contribution is -2.28. The van der Waals surface area contributed by atoms with E-state index in [1.807, 2.05) is 44.2 Å². The van der Waals surface area contributed by atoms with Crippen LogP contribution in [0.2, 0.25) is 0 Å². The molecule has 2 aromatic carbocycles. The van der Waals surface area contributed by atoms with Crippen LogP contribution in [0.25, 0.3) is 0 Å². The van der Waals surface area contributed by atoms with Gasteiger partial charge in [0.2, 0.25) is 0 Å². The summed E-state index contributed by atoms with van der Waals surface area (Å²) in [5, 5.41) is 0. The molecule has 0 aliphatic rings. The monoisotopic (exact) mass is 348 g/mol. The maximum atomic E-state index is 12.0. The zero-order chi connectivity index (χ0) is 15.4. The summed E-state index contributed by atoms with van der Waals surface area (Å²) in [6.45, 7) is 5.66. The van der Waals surface area contributed by atoms with Crippen molar-refractivity contribution >= 4 is 21.9 Å². The van der Waals surface area contributed by atoms with Gasteiger partial charge in [-0.1, -0.05) is 28.1 Å². The molecule has 0 saturated carbocycles. The van der Waals surface area contributed by atoms with Gasteiger partial charge < -0.3 is 9.47 Å². The van der Waals surface area contributed by atoms with Crippen molar-refractivity contribution in [3.05, 3.63) is 58.1 Å². The minimum absolute atomic E-state index is 0.418. The molecule has 0 unspecified atom stereocenters. The Balaban J connectivity index is 2.02. The summed E-state index contributed by atoms with van der Waals surface area (Å²) in [7, 11) is 0. The van der Waals surface area contributed by atoms with Crippen LogP contribution in [0.4, 0.5) is 0 Å². The Labute approximate surface area is 133 Å². The molecule has 0 amide bonds. The average Bonchev–Trinajstić information content (AvgIpc) is 2.46. The molecule has 0 radical (unpaired) electrons. The van der Waals surface area contributed by atoms with Crippen LogP contribution in [-0.2, 0) is 4.79 Å². The van der Waals surface area contributed by atoms with Crippen molar-refractivity contribution in [3.63, 3.8) is 0 Å². The van der Waals surface area contributed by atoms with E-state index >= 15 is 0 Å². The fraction of sp³-hybridized carbons (Fsp3) is 0.235. The summed E-state index contributed by atoms with van der Waals surface area (Å²) in [6.07, 6.45) is -0.672. The predicted octanol–water partition coefficient (Wildman–Crippen LogP) is 4.44. The van der Waals surface area contributed by atoms with E-state index in [1.54, 1.807) is 19.1 Å². The molecule has 0 saturated heterocycles. The molecular formula is C17H17BrO3. The van der Waals surface area contributed by atoms with Gasteiger partial charge in [0.25, 0.3) is 0 Å². The summed E-state index contributed by atoms with van der Waals surface area (Å²) in [5.74, 6) is 0.785. The molecule has 21 heavy (non-hydrogen) atoms. The highest BCUT2D eigenvalue weighted by Gasteiger charge is 2.18. The molecule has 0 aliphatic carbocycles. The number of ether oxygens (including phenoxy) is 2. The molecule has 0 N–H and O–H groups in total. The molecule has 0 spiro atoms. The Hall–Kier alpha value is -1.81. The van der Waals surface area contributed by atoms with Gasteiger partial charge in [-0.15, -0.1) is 0 Å². The first-order chi connectivity index (χ1) is 9.97. The van der Waals surface area contributed by atoms with Crippen LogP contribution in [0, 0.1) is 13.8 Å². The molecule has 0 bridgehead atoms. The van der Waals surface area contributed by atoms with Crippen LogP contribution in [0.15, 0.2) is 46.9 Å². The molecule has 4 heteroatoms. The largest absolute Gasteiger partial charge is 0.479 e. The fourth-order valence-electron chi connectivity index (χ4n) is 1.79. The molecule has 0 heterocycles. The number of carbonyl (C=O) groups is 1. The number of hydrogen-bond acceptors (Lipinski definition) is 3. The summed E-state index contributed by atoms with van der Waals surface area (Å²) >= 11 is 3.33. The van der Waals surface area contributed by atoms with Gasteiger partial charge in [-0.25, -0.2) is 4.79 Å². The Morgan fingerprint density at radius 1 is 1.10 bits per heavy atom. The van der Waals surface area contributed by atoms with Gasteiger partial charge in [0.1, 0.15) is 11.5 Å². The zero-order valence-electron chi connectivity index (χ0n) is 12.2. The maximum Gasteiger partial charge on any atom is 0.352 e. The molecule has 2 rings (SSSR count). The van der Waals surface area contributed by atoms with Crippen molar-refractivity contribution in [1.82, 2.24) is 0 Å². The topological polar surface area (TPSA) is 35.5 Å². The third kappa shape index (κ3) is 4.08. The first-order valence-corrected chi connectivity index (χ1v) is 7.47. The fourth-order valence-corrected chi connectivity index (χ4v) is 2.06. The smallest absolute Gasteiger partial charge is 0.352 e. The van der Waals surface area contributed by atoms with E-state index in [-0.39, 0.29) is 0 Å². The van der Waals surface area contributed by atoms with Crippen molar-refractivity contribution in [2.45, 2.75) is 26.9 Å². The average molecular weight is 349 g/mol. The predicted molar refractivity (Wildman–Crippen MR) is 85.8 cm³/mol. The lowest BCUT2D eigenvalue weighted by atomic mass is 10.1. The van der Waals surface area contributed by atoms with Crippen LogP contribution in [0.1, 0.15) is 18.1 Å². The SMILES string of the molecule is Cc1cccc(O[C@H](C)C(=O)Oc2ccc(Br)cc2)c1C. The number of rotatable bonds is 4. The second-order valence-corrected chi connectivity index (χ2v) is 5.75. The molecule has 0 aromatic heterocycles. The number of benzene rings is 2. The number of halogens is 1. The van der Waals surface area contributed by atoms with Crippen LogP contribution >= 0.6 is 15.9 Å². The van der Waals surface area contributed by atoms with Gasteiger partial charge in [-0.05, 0) is 62.2 Å². The third-order valence-electron chi connectivity index (χ3n) is 3.22. The van der Waals surface area contributed by atoms with E-state index in [9.17, 15) is 4.79 Å². The second-order valence-electron chi connectivity index (χ2n) is 4.83. The standard InChI is InChI=1S/C17H17BrO3/c1-11-5-4-6-16(12(11)2)20-13(3)17(19)21-15-9-7-14(18)8-10-15/h4-10,13H,1-3H3/t13-/m1/s1. The Bertz CT molecular complexity index is 635. The van der Waals surface area contributed by atoms with Gasteiger partial charge >= 0.3 is 5.97 Å². The van der Waals surface area contributed by atoms with Crippen LogP contribution < -0.4 is 9.47 Å². The zero-order valence-corrected chi connectivity index (χ0v) is 13.8. The number of carbonyl (C=O) groups excluding carboxylic acids is 1. The third-order valence-corrected chi connectivity index (χ3v) is 3.75. The van der Waals surface area contributed by atoms with Gasteiger partial charge in [-0.3, -0.25) is 0 Å². The molecule has 1 atom stereocenters. The Kier molecular flexibility index (Phi) is 5.02. The van der Waals surface area contributed by atoms with E-state index < -0.39 is 12.1 Å². The van der Waals surface area contributed by atoms with Crippen molar-refractivity contribution in [2.24, 2.45) is 0 Å². The van der Waals surface area contributed by atoms with Crippen molar-refractivity contribution in [1.29, 1.82) is 0 Å². The highest BCUT2D eigenvalue weighted by molar-refractivity contribution is 9.10. The Morgan fingerprint density at radius 3 is 2.43 bits per heavy atom. The highest BCUT2D eigenvalue weighted by Crippen LogP contribution is 2.22. The Morgan fingerprint density at radius 2 is 1.76 bits per heavy atom. The maximum absolute atomic E-state index is 12.0.